The van der Waals surface area contributed by atoms with Gasteiger partial charge in [0.15, 0.2) is 0 Å². The van der Waals surface area contributed by atoms with E-state index in [1.54, 1.807) is 17.2 Å². The van der Waals surface area contributed by atoms with Gasteiger partial charge in [-0.05, 0) is 29.7 Å². The lowest BCUT2D eigenvalue weighted by Crippen LogP contribution is -2.34. The summed E-state index contributed by atoms with van der Waals surface area (Å²) in [5, 5.41) is 18.4. The topological polar surface area (TPSA) is 90.7 Å². The normalized spacial score (nSPS) is 12.9. The highest BCUT2D eigenvalue weighted by molar-refractivity contribution is 6.60. The van der Waals surface area contributed by atoms with Gasteiger partial charge in [0.1, 0.15) is 6.29 Å². The number of carbonyl (C=O) groups is 2. The Morgan fingerprint density at radius 3 is 2.86 bits per heavy atom. The lowest BCUT2D eigenvalue weighted by atomic mass is 9.77. The molecule has 110 valence electrons. The van der Waals surface area contributed by atoms with Crippen LogP contribution in [0.5, 0.6) is 0 Å². The number of hydrogen-bond acceptors (Lipinski definition) is 5. The van der Waals surface area contributed by atoms with E-state index < -0.39 is 7.12 Å². The number of rotatable bonds is 3. The third-order valence-electron chi connectivity index (χ3n) is 3.71. The van der Waals surface area contributed by atoms with Crippen LogP contribution in [0.4, 0.5) is 5.69 Å². The zero-order chi connectivity index (χ0) is 15.7. The molecule has 0 radical (unpaired) electrons. The van der Waals surface area contributed by atoms with Crippen LogP contribution in [0.1, 0.15) is 26.4 Å². The van der Waals surface area contributed by atoms with Crippen molar-refractivity contribution >= 4 is 30.5 Å². The molecule has 2 heterocycles. The van der Waals surface area contributed by atoms with E-state index in [1.165, 1.54) is 18.2 Å². The molecule has 1 aliphatic heterocycles. The van der Waals surface area contributed by atoms with Crippen LogP contribution >= 0.6 is 0 Å². The number of anilines is 1. The Hall–Kier alpha value is -2.51. The highest BCUT2D eigenvalue weighted by atomic mass is 16.4. The number of carbonyl (C=O) groups excluding carboxylic acids is 2. The first-order valence-corrected chi connectivity index (χ1v) is 6.83. The minimum atomic E-state index is -1.75. The van der Waals surface area contributed by atoms with E-state index in [2.05, 4.69) is 4.98 Å². The Kier molecular flexibility index (Phi) is 3.74. The molecule has 1 aromatic heterocycles. The number of nitrogens with zero attached hydrogens (tertiary/aromatic N) is 2. The molecule has 0 fully saturated rings. The molecule has 2 N–H and O–H groups in total. The van der Waals surface area contributed by atoms with Crippen LogP contribution in [0.2, 0.25) is 0 Å². The van der Waals surface area contributed by atoms with Gasteiger partial charge in [0, 0.05) is 30.3 Å². The Bertz CT molecular complexity index is 748. The largest absolute Gasteiger partial charge is 0.489 e. The smallest absolute Gasteiger partial charge is 0.423 e. The van der Waals surface area contributed by atoms with Crippen molar-refractivity contribution in [3.05, 3.63) is 53.3 Å². The molecule has 0 saturated carbocycles. The molecule has 1 aliphatic rings. The number of amides is 1. The third kappa shape index (κ3) is 2.40. The number of aldehydes is 1. The molecule has 0 atom stereocenters. The van der Waals surface area contributed by atoms with Crippen LogP contribution in [0.3, 0.4) is 0 Å². The van der Waals surface area contributed by atoms with Crippen molar-refractivity contribution < 1.29 is 19.6 Å². The van der Waals surface area contributed by atoms with Gasteiger partial charge in [-0.1, -0.05) is 6.07 Å². The van der Waals surface area contributed by atoms with Crippen LogP contribution < -0.4 is 10.4 Å². The van der Waals surface area contributed by atoms with Gasteiger partial charge in [-0.25, -0.2) is 0 Å². The number of pyridine rings is 1. The summed E-state index contributed by atoms with van der Waals surface area (Å²) < 4.78 is 0. The molecular formula is C15H13BN2O4. The molecule has 6 nitrogen and oxygen atoms in total. The summed E-state index contributed by atoms with van der Waals surface area (Å²) in [7, 11) is -1.75. The number of benzene rings is 1. The summed E-state index contributed by atoms with van der Waals surface area (Å²) in [6.07, 6.45) is 2.88. The maximum absolute atomic E-state index is 12.6. The molecule has 0 aliphatic carbocycles. The zero-order valence-corrected chi connectivity index (χ0v) is 11.6. The summed E-state index contributed by atoms with van der Waals surface area (Å²) in [6.45, 7) is 0.534. The van der Waals surface area contributed by atoms with E-state index in [9.17, 15) is 19.6 Å². The summed E-state index contributed by atoms with van der Waals surface area (Å²) >= 11 is 0. The molecule has 0 unspecified atom stereocenters. The van der Waals surface area contributed by atoms with Crippen molar-refractivity contribution in [2.45, 2.75) is 6.42 Å². The van der Waals surface area contributed by atoms with Crippen molar-refractivity contribution in [2.24, 2.45) is 0 Å². The van der Waals surface area contributed by atoms with Gasteiger partial charge in [-0.2, -0.15) is 0 Å². The van der Waals surface area contributed by atoms with Crippen molar-refractivity contribution in [1.29, 1.82) is 0 Å². The Morgan fingerprint density at radius 2 is 2.14 bits per heavy atom. The van der Waals surface area contributed by atoms with Gasteiger partial charge < -0.3 is 14.9 Å². The van der Waals surface area contributed by atoms with Crippen molar-refractivity contribution in [3.63, 3.8) is 0 Å². The monoisotopic (exact) mass is 296 g/mol. The average Bonchev–Trinajstić information content (AvgIpc) is 2.97. The minimum Gasteiger partial charge on any atom is -0.423 e. The summed E-state index contributed by atoms with van der Waals surface area (Å²) in [4.78, 5) is 29.5. The highest BCUT2D eigenvalue weighted by Gasteiger charge is 2.27. The number of aromatic nitrogens is 1. The molecule has 0 saturated heterocycles. The van der Waals surface area contributed by atoms with Crippen LogP contribution in [-0.4, -0.2) is 40.9 Å². The third-order valence-corrected chi connectivity index (χ3v) is 3.71. The first-order chi connectivity index (χ1) is 10.6. The molecule has 1 amide bonds. The summed E-state index contributed by atoms with van der Waals surface area (Å²) in [5.74, 6) is -0.242. The number of hydrogen-bond donors (Lipinski definition) is 2. The van der Waals surface area contributed by atoms with E-state index in [-0.39, 0.29) is 16.9 Å². The first-order valence-electron chi connectivity index (χ1n) is 6.83. The van der Waals surface area contributed by atoms with Gasteiger partial charge in [0.05, 0.1) is 11.4 Å². The van der Waals surface area contributed by atoms with Gasteiger partial charge >= 0.3 is 7.12 Å². The van der Waals surface area contributed by atoms with Gasteiger partial charge in [-0.15, -0.1) is 0 Å². The lowest BCUT2D eigenvalue weighted by molar-refractivity contribution is 0.0989. The second-order valence-electron chi connectivity index (χ2n) is 5.01. The zero-order valence-electron chi connectivity index (χ0n) is 11.6. The molecule has 0 spiro atoms. The molecular weight excluding hydrogens is 283 g/mol. The van der Waals surface area contributed by atoms with E-state index in [0.29, 0.717) is 24.8 Å². The van der Waals surface area contributed by atoms with E-state index in [0.717, 1.165) is 11.4 Å². The fourth-order valence-electron chi connectivity index (χ4n) is 2.62. The van der Waals surface area contributed by atoms with Crippen molar-refractivity contribution in [3.8, 4) is 0 Å². The van der Waals surface area contributed by atoms with Gasteiger partial charge in [-0.3, -0.25) is 14.6 Å². The first kappa shape index (κ1) is 14.4. The molecule has 22 heavy (non-hydrogen) atoms. The van der Waals surface area contributed by atoms with Crippen molar-refractivity contribution in [1.82, 2.24) is 4.98 Å². The highest BCUT2D eigenvalue weighted by Crippen LogP contribution is 2.27. The van der Waals surface area contributed by atoms with Crippen LogP contribution in [0, 0.1) is 0 Å². The second-order valence-corrected chi connectivity index (χ2v) is 5.01. The molecule has 1 aromatic carbocycles. The van der Waals surface area contributed by atoms with Crippen LogP contribution in [-0.2, 0) is 6.42 Å². The van der Waals surface area contributed by atoms with Crippen LogP contribution in [0.15, 0.2) is 36.5 Å². The standard InChI is InChI=1S/C15H13BN2O4/c19-9-11-8-10(3-4-12(11)16(21)22)15(20)18-7-5-13-14(18)2-1-6-17-13/h1-4,6,8-9,21-22H,5,7H2. The average molecular weight is 296 g/mol. The van der Waals surface area contributed by atoms with Gasteiger partial charge in [0.2, 0.25) is 0 Å². The van der Waals surface area contributed by atoms with E-state index in [4.69, 9.17) is 0 Å². The predicted molar refractivity (Wildman–Crippen MR) is 81.3 cm³/mol. The second kappa shape index (κ2) is 5.71. The molecule has 2 aromatic rings. The summed E-state index contributed by atoms with van der Waals surface area (Å²) in [5.41, 5.74) is 2.13. The Labute approximate surface area is 127 Å². The quantitative estimate of drug-likeness (QED) is 0.603. The maximum atomic E-state index is 12.6. The minimum absolute atomic E-state index is 0.0787. The maximum Gasteiger partial charge on any atom is 0.489 e. The number of fused-ring (bicyclic) bond motifs is 1. The predicted octanol–water partition coefficient (Wildman–Crippen LogP) is -0.223. The molecule has 0 bridgehead atoms. The van der Waals surface area contributed by atoms with E-state index in [1.807, 2.05) is 6.07 Å². The molecule has 7 heteroatoms. The SMILES string of the molecule is O=Cc1cc(C(=O)N2CCc3ncccc32)ccc1B(O)O. The lowest BCUT2D eigenvalue weighted by Gasteiger charge is -2.17. The molecule has 3 rings (SSSR count). The van der Waals surface area contributed by atoms with Gasteiger partial charge in [0.25, 0.3) is 5.91 Å². The Balaban J connectivity index is 1.95. The fourth-order valence-corrected chi connectivity index (χ4v) is 2.62. The fraction of sp³-hybridized carbons (Fsp3) is 0.133. The van der Waals surface area contributed by atoms with Crippen molar-refractivity contribution in [2.75, 3.05) is 11.4 Å². The Morgan fingerprint density at radius 1 is 1.32 bits per heavy atom. The van der Waals surface area contributed by atoms with E-state index >= 15 is 0 Å². The van der Waals surface area contributed by atoms with Crippen LogP contribution in [0.25, 0.3) is 0 Å². The summed E-state index contributed by atoms with van der Waals surface area (Å²) in [6, 6.07) is 7.84.